The average molecular weight is 431 g/mol. The van der Waals surface area contributed by atoms with E-state index in [1.54, 1.807) is 37.2 Å². The van der Waals surface area contributed by atoms with Crippen molar-refractivity contribution in [2.75, 3.05) is 20.8 Å². The fraction of sp³-hybridized carbons (Fsp3) is 0.273. The highest BCUT2D eigenvalue weighted by Crippen LogP contribution is 2.35. The van der Waals surface area contributed by atoms with Gasteiger partial charge in [-0.15, -0.1) is 12.4 Å². The predicted molar refractivity (Wildman–Crippen MR) is 120 cm³/mol. The quantitative estimate of drug-likeness (QED) is 0.571. The van der Waals surface area contributed by atoms with Gasteiger partial charge >= 0.3 is 0 Å². The van der Waals surface area contributed by atoms with Crippen LogP contribution in [0.1, 0.15) is 23.7 Å². The fourth-order valence-electron chi connectivity index (χ4n) is 2.96. The fourth-order valence-corrected chi connectivity index (χ4v) is 2.96. The first-order chi connectivity index (χ1) is 14.0. The van der Waals surface area contributed by atoms with E-state index in [0.29, 0.717) is 41.3 Å². The van der Waals surface area contributed by atoms with Crippen LogP contribution in [0.2, 0.25) is 0 Å². The Labute approximate surface area is 182 Å². The Morgan fingerprint density at radius 3 is 2.53 bits per heavy atom. The van der Waals surface area contributed by atoms with Gasteiger partial charge in [-0.3, -0.25) is 4.79 Å². The number of ether oxygens (including phenoxy) is 2. The molecule has 3 N–H and O–H groups in total. The molecule has 0 aliphatic carbocycles. The molecule has 1 aromatic heterocycles. The summed E-state index contributed by atoms with van der Waals surface area (Å²) in [7, 11) is 3.18. The van der Waals surface area contributed by atoms with E-state index in [0.717, 1.165) is 5.69 Å². The largest absolute Gasteiger partial charge is 0.497 e. The van der Waals surface area contributed by atoms with Gasteiger partial charge in [0, 0.05) is 24.3 Å². The van der Waals surface area contributed by atoms with Crippen LogP contribution in [0.3, 0.4) is 0 Å². The second kappa shape index (κ2) is 10.7. The first-order valence-electron chi connectivity index (χ1n) is 9.44. The van der Waals surface area contributed by atoms with E-state index < -0.39 is 0 Å². The number of hydrogen-bond acceptors (Lipinski definition) is 5. The zero-order chi connectivity index (χ0) is 20.8. The highest BCUT2D eigenvalue weighted by molar-refractivity contribution is 6.00. The molecule has 0 aliphatic rings. The Balaban J connectivity index is 0.00000320. The SMILES string of the molecule is COc1ccc(OC)c(-c2nn(-c3ccccc3)cc2C(=O)NCCC(C)N)c1.Cl. The molecule has 0 saturated carbocycles. The monoisotopic (exact) mass is 430 g/mol. The van der Waals surface area contributed by atoms with Crippen molar-refractivity contribution < 1.29 is 14.3 Å². The van der Waals surface area contributed by atoms with Gasteiger partial charge in [0.15, 0.2) is 0 Å². The van der Waals surface area contributed by atoms with Crippen molar-refractivity contribution in [3.63, 3.8) is 0 Å². The number of benzene rings is 2. The summed E-state index contributed by atoms with van der Waals surface area (Å²) in [6.07, 6.45) is 2.42. The second-order valence-corrected chi connectivity index (χ2v) is 6.76. The number of aromatic nitrogens is 2. The zero-order valence-electron chi connectivity index (χ0n) is 17.3. The summed E-state index contributed by atoms with van der Waals surface area (Å²) in [5, 5.41) is 7.62. The van der Waals surface area contributed by atoms with Gasteiger partial charge in [-0.1, -0.05) is 18.2 Å². The van der Waals surface area contributed by atoms with Crippen LogP contribution in [0.15, 0.2) is 54.7 Å². The van der Waals surface area contributed by atoms with Crippen molar-refractivity contribution in [1.82, 2.24) is 15.1 Å². The molecule has 0 saturated heterocycles. The van der Waals surface area contributed by atoms with Crippen LogP contribution in [0.4, 0.5) is 0 Å². The third-order valence-corrected chi connectivity index (χ3v) is 4.53. The lowest BCUT2D eigenvalue weighted by atomic mass is 10.1. The number of nitrogens with two attached hydrogens (primary N) is 1. The number of halogens is 1. The third kappa shape index (κ3) is 5.31. The van der Waals surface area contributed by atoms with E-state index >= 15 is 0 Å². The van der Waals surface area contributed by atoms with Crippen LogP contribution in [0.5, 0.6) is 11.5 Å². The highest BCUT2D eigenvalue weighted by atomic mass is 35.5. The summed E-state index contributed by atoms with van der Waals surface area (Å²) in [5.41, 5.74) is 8.29. The van der Waals surface area contributed by atoms with Gasteiger partial charge in [-0.05, 0) is 43.7 Å². The Morgan fingerprint density at radius 2 is 1.90 bits per heavy atom. The maximum absolute atomic E-state index is 12.9. The Bertz CT molecular complexity index is 974. The molecule has 1 unspecified atom stereocenters. The Kier molecular flexibility index (Phi) is 8.26. The molecule has 0 radical (unpaired) electrons. The van der Waals surface area contributed by atoms with Crippen molar-refractivity contribution in [2.45, 2.75) is 19.4 Å². The molecular formula is C22H27ClN4O3. The van der Waals surface area contributed by atoms with Gasteiger partial charge < -0.3 is 20.5 Å². The molecular weight excluding hydrogens is 404 g/mol. The zero-order valence-corrected chi connectivity index (χ0v) is 18.1. The van der Waals surface area contributed by atoms with Crippen LogP contribution in [0, 0.1) is 0 Å². The topological polar surface area (TPSA) is 91.4 Å². The normalized spacial score (nSPS) is 11.3. The smallest absolute Gasteiger partial charge is 0.255 e. The molecule has 1 heterocycles. The second-order valence-electron chi connectivity index (χ2n) is 6.76. The number of nitrogens with zero attached hydrogens (tertiary/aromatic N) is 2. The molecule has 7 nitrogen and oxygen atoms in total. The highest BCUT2D eigenvalue weighted by Gasteiger charge is 2.21. The molecule has 1 amide bonds. The average Bonchev–Trinajstić information content (AvgIpc) is 3.19. The Morgan fingerprint density at radius 1 is 1.17 bits per heavy atom. The lowest BCUT2D eigenvalue weighted by Gasteiger charge is -2.11. The van der Waals surface area contributed by atoms with Gasteiger partial charge in [0.05, 0.1) is 25.5 Å². The first-order valence-corrected chi connectivity index (χ1v) is 9.44. The van der Waals surface area contributed by atoms with E-state index in [2.05, 4.69) is 5.32 Å². The van der Waals surface area contributed by atoms with Crippen molar-refractivity contribution in [3.05, 3.63) is 60.3 Å². The standard InChI is InChI=1S/C22H26N4O3.ClH/c1-15(23)11-12-24-22(27)19-14-26(16-7-5-4-6-8-16)25-21(19)18-13-17(28-2)9-10-20(18)29-3;/h4-10,13-15H,11-12,23H2,1-3H3,(H,24,27);1H. The van der Waals surface area contributed by atoms with Crippen molar-refractivity contribution in [2.24, 2.45) is 5.73 Å². The molecule has 0 spiro atoms. The first kappa shape index (κ1) is 23.3. The molecule has 0 bridgehead atoms. The number of nitrogens with one attached hydrogen (secondary N) is 1. The predicted octanol–water partition coefficient (Wildman–Crippen LogP) is 3.45. The summed E-state index contributed by atoms with van der Waals surface area (Å²) in [4.78, 5) is 12.9. The van der Waals surface area contributed by atoms with Crippen LogP contribution in [-0.2, 0) is 0 Å². The molecule has 3 aromatic rings. The van der Waals surface area contributed by atoms with E-state index in [1.807, 2.05) is 43.3 Å². The lowest BCUT2D eigenvalue weighted by molar-refractivity contribution is 0.0953. The summed E-state index contributed by atoms with van der Waals surface area (Å²) < 4.78 is 12.6. The number of amides is 1. The van der Waals surface area contributed by atoms with Crippen LogP contribution in [0.25, 0.3) is 16.9 Å². The minimum Gasteiger partial charge on any atom is -0.497 e. The van der Waals surface area contributed by atoms with Crippen LogP contribution in [-0.4, -0.2) is 42.5 Å². The summed E-state index contributed by atoms with van der Waals surface area (Å²) >= 11 is 0. The van der Waals surface area contributed by atoms with E-state index in [1.165, 1.54) is 0 Å². The van der Waals surface area contributed by atoms with Gasteiger partial charge in [0.2, 0.25) is 0 Å². The van der Waals surface area contributed by atoms with E-state index in [-0.39, 0.29) is 24.4 Å². The van der Waals surface area contributed by atoms with E-state index in [4.69, 9.17) is 20.3 Å². The number of para-hydroxylation sites is 1. The minimum absolute atomic E-state index is 0. The van der Waals surface area contributed by atoms with Crippen LogP contribution < -0.4 is 20.5 Å². The molecule has 3 rings (SSSR count). The summed E-state index contributed by atoms with van der Waals surface area (Å²) in [5.74, 6) is 1.04. The van der Waals surface area contributed by atoms with Gasteiger partial charge in [0.1, 0.15) is 17.2 Å². The van der Waals surface area contributed by atoms with Gasteiger partial charge in [-0.25, -0.2) is 4.68 Å². The van der Waals surface area contributed by atoms with Crippen molar-refractivity contribution in [3.8, 4) is 28.4 Å². The molecule has 0 aliphatic heterocycles. The van der Waals surface area contributed by atoms with Gasteiger partial charge in [0.25, 0.3) is 5.91 Å². The number of carbonyl (C=O) groups is 1. The molecule has 2 aromatic carbocycles. The molecule has 160 valence electrons. The Hall–Kier alpha value is -3.03. The molecule has 0 fully saturated rings. The van der Waals surface area contributed by atoms with Crippen LogP contribution >= 0.6 is 12.4 Å². The van der Waals surface area contributed by atoms with Gasteiger partial charge in [-0.2, -0.15) is 5.10 Å². The lowest BCUT2D eigenvalue weighted by Crippen LogP contribution is -2.29. The molecule has 1 atom stereocenters. The minimum atomic E-state index is -0.215. The molecule has 8 heteroatoms. The third-order valence-electron chi connectivity index (χ3n) is 4.53. The van der Waals surface area contributed by atoms with Crippen molar-refractivity contribution >= 4 is 18.3 Å². The summed E-state index contributed by atoms with van der Waals surface area (Å²) in [6, 6.07) is 15.1. The van der Waals surface area contributed by atoms with Crippen molar-refractivity contribution in [1.29, 1.82) is 0 Å². The summed E-state index contributed by atoms with van der Waals surface area (Å²) in [6.45, 7) is 2.40. The maximum Gasteiger partial charge on any atom is 0.255 e. The maximum atomic E-state index is 12.9. The number of methoxy groups -OCH3 is 2. The number of rotatable bonds is 8. The number of carbonyl (C=O) groups excluding carboxylic acids is 1. The van der Waals surface area contributed by atoms with E-state index in [9.17, 15) is 4.79 Å². The molecule has 30 heavy (non-hydrogen) atoms. The number of hydrogen-bond donors (Lipinski definition) is 2.